The fourth-order valence-corrected chi connectivity index (χ4v) is 3.59. The highest BCUT2D eigenvalue weighted by molar-refractivity contribution is 14.1. The highest BCUT2D eigenvalue weighted by Crippen LogP contribution is 2.30. The lowest BCUT2D eigenvalue weighted by Gasteiger charge is -2.03. The standard InChI is InChI=1S/C17H13IN2OS/c1-11-15(12-7-3-2-4-8-12)19-17(22-11)20-16(21)13-9-5-6-10-14(13)18/h2-10H,1H3,(H,19,20,21). The number of nitrogens with zero attached hydrogens (tertiary/aromatic N) is 1. The maximum atomic E-state index is 12.3. The van der Waals surface area contributed by atoms with E-state index in [2.05, 4.69) is 32.9 Å². The number of anilines is 1. The number of amides is 1. The van der Waals surface area contributed by atoms with Crippen LogP contribution in [0.4, 0.5) is 5.13 Å². The average Bonchev–Trinajstić information content (AvgIpc) is 2.89. The van der Waals surface area contributed by atoms with E-state index in [0.717, 1.165) is 19.7 Å². The van der Waals surface area contributed by atoms with Crippen LogP contribution in [0, 0.1) is 10.5 Å². The van der Waals surface area contributed by atoms with Crippen LogP contribution < -0.4 is 5.32 Å². The molecule has 3 aromatic rings. The molecule has 0 atom stereocenters. The van der Waals surface area contributed by atoms with E-state index in [9.17, 15) is 4.79 Å². The first-order valence-corrected chi connectivity index (χ1v) is 8.63. The fraction of sp³-hybridized carbons (Fsp3) is 0.0588. The molecule has 0 aliphatic rings. The summed E-state index contributed by atoms with van der Waals surface area (Å²) in [6.07, 6.45) is 0. The summed E-state index contributed by atoms with van der Waals surface area (Å²) in [5.74, 6) is -0.127. The van der Waals surface area contributed by atoms with Crippen LogP contribution >= 0.6 is 33.9 Å². The van der Waals surface area contributed by atoms with Crippen molar-refractivity contribution < 1.29 is 4.79 Å². The van der Waals surface area contributed by atoms with E-state index in [1.54, 1.807) is 0 Å². The number of halogens is 1. The molecule has 0 radical (unpaired) electrons. The lowest BCUT2D eigenvalue weighted by molar-refractivity contribution is 0.102. The predicted molar refractivity (Wildman–Crippen MR) is 99.4 cm³/mol. The molecule has 1 N–H and O–H groups in total. The molecular formula is C17H13IN2OS. The number of nitrogens with one attached hydrogen (secondary N) is 1. The molecule has 0 unspecified atom stereocenters. The van der Waals surface area contributed by atoms with Gasteiger partial charge in [-0.15, -0.1) is 11.3 Å². The first kappa shape index (κ1) is 15.2. The molecule has 0 spiro atoms. The fourth-order valence-electron chi connectivity index (χ4n) is 2.12. The van der Waals surface area contributed by atoms with Gasteiger partial charge in [0.1, 0.15) is 0 Å². The van der Waals surface area contributed by atoms with Gasteiger partial charge < -0.3 is 0 Å². The summed E-state index contributed by atoms with van der Waals surface area (Å²) in [5, 5.41) is 3.52. The molecule has 1 amide bonds. The van der Waals surface area contributed by atoms with Gasteiger partial charge in [-0.05, 0) is 41.6 Å². The van der Waals surface area contributed by atoms with Crippen molar-refractivity contribution in [2.75, 3.05) is 5.32 Å². The molecule has 2 aromatic carbocycles. The minimum absolute atomic E-state index is 0.127. The van der Waals surface area contributed by atoms with E-state index in [0.29, 0.717) is 10.7 Å². The Morgan fingerprint density at radius 2 is 1.77 bits per heavy atom. The van der Waals surface area contributed by atoms with E-state index in [-0.39, 0.29) is 5.91 Å². The van der Waals surface area contributed by atoms with Crippen molar-refractivity contribution in [3.63, 3.8) is 0 Å². The van der Waals surface area contributed by atoms with Crippen LogP contribution in [-0.4, -0.2) is 10.9 Å². The van der Waals surface area contributed by atoms with Gasteiger partial charge in [-0.2, -0.15) is 0 Å². The molecule has 1 aromatic heterocycles. The Balaban J connectivity index is 1.86. The summed E-state index contributed by atoms with van der Waals surface area (Å²) in [5.41, 5.74) is 2.65. The Morgan fingerprint density at radius 1 is 1.09 bits per heavy atom. The normalized spacial score (nSPS) is 10.5. The Morgan fingerprint density at radius 3 is 2.50 bits per heavy atom. The second kappa shape index (κ2) is 6.58. The Bertz CT molecular complexity index is 815. The third-order valence-electron chi connectivity index (χ3n) is 3.18. The Kier molecular flexibility index (Phi) is 4.54. The molecule has 5 heteroatoms. The van der Waals surface area contributed by atoms with Gasteiger partial charge in [-0.3, -0.25) is 10.1 Å². The van der Waals surface area contributed by atoms with Crippen LogP contribution in [-0.2, 0) is 0 Å². The number of thiazole rings is 1. The van der Waals surface area contributed by atoms with E-state index in [1.807, 2.05) is 61.5 Å². The third kappa shape index (κ3) is 3.20. The molecule has 0 fully saturated rings. The van der Waals surface area contributed by atoms with Crippen LogP contribution in [0.25, 0.3) is 11.3 Å². The zero-order chi connectivity index (χ0) is 15.5. The zero-order valence-electron chi connectivity index (χ0n) is 11.8. The minimum atomic E-state index is -0.127. The number of carbonyl (C=O) groups is 1. The van der Waals surface area contributed by atoms with Gasteiger partial charge in [0.05, 0.1) is 11.3 Å². The van der Waals surface area contributed by atoms with Gasteiger partial charge in [0.2, 0.25) is 0 Å². The summed E-state index contributed by atoms with van der Waals surface area (Å²) < 4.78 is 0.925. The number of hydrogen-bond donors (Lipinski definition) is 1. The van der Waals surface area contributed by atoms with Crippen molar-refractivity contribution in [1.82, 2.24) is 4.98 Å². The second-order valence-electron chi connectivity index (χ2n) is 4.72. The quantitative estimate of drug-likeness (QED) is 0.608. The van der Waals surface area contributed by atoms with Crippen LogP contribution in [0.3, 0.4) is 0 Å². The molecule has 3 rings (SSSR count). The van der Waals surface area contributed by atoms with Crippen molar-refractivity contribution >= 4 is 45.0 Å². The van der Waals surface area contributed by atoms with Gasteiger partial charge in [0.25, 0.3) is 5.91 Å². The number of aromatic nitrogens is 1. The Labute approximate surface area is 146 Å². The summed E-state index contributed by atoms with van der Waals surface area (Å²) in [4.78, 5) is 18.0. The van der Waals surface area contributed by atoms with Crippen molar-refractivity contribution in [1.29, 1.82) is 0 Å². The summed E-state index contributed by atoms with van der Waals surface area (Å²) in [6, 6.07) is 17.5. The van der Waals surface area contributed by atoms with Crippen molar-refractivity contribution in [2.24, 2.45) is 0 Å². The van der Waals surface area contributed by atoms with Crippen LogP contribution in [0.2, 0.25) is 0 Å². The smallest absolute Gasteiger partial charge is 0.258 e. The van der Waals surface area contributed by atoms with Crippen LogP contribution in [0.1, 0.15) is 15.2 Å². The molecule has 0 aliphatic heterocycles. The molecule has 0 aliphatic carbocycles. The van der Waals surface area contributed by atoms with E-state index >= 15 is 0 Å². The largest absolute Gasteiger partial charge is 0.298 e. The van der Waals surface area contributed by atoms with Gasteiger partial charge in [-0.1, -0.05) is 42.5 Å². The van der Waals surface area contributed by atoms with Gasteiger partial charge in [0, 0.05) is 14.0 Å². The molecule has 0 bridgehead atoms. The van der Waals surface area contributed by atoms with Crippen molar-refractivity contribution in [3.8, 4) is 11.3 Å². The predicted octanol–water partition coefficient (Wildman–Crippen LogP) is 4.98. The summed E-state index contributed by atoms with van der Waals surface area (Å²) in [7, 11) is 0. The molecular weight excluding hydrogens is 407 g/mol. The number of benzene rings is 2. The Hall–Kier alpha value is -1.73. The van der Waals surface area contributed by atoms with E-state index < -0.39 is 0 Å². The molecule has 1 heterocycles. The first-order valence-electron chi connectivity index (χ1n) is 6.74. The second-order valence-corrected chi connectivity index (χ2v) is 7.09. The van der Waals surface area contributed by atoms with E-state index in [1.165, 1.54) is 11.3 Å². The maximum Gasteiger partial charge on any atom is 0.258 e. The molecule has 0 saturated heterocycles. The highest BCUT2D eigenvalue weighted by Gasteiger charge is 2.14. The number of hydrogen-bond acceptors (Lipinski definition) is 3. The minimum Gasteiger partial charge on any atom is -0.298 e. The number of carbonyl (C=O) groups excluding carboxylic acids is 1. The maximum absolute atomic E-state index is 12.3. The molecule has 0 saturated carbocycles. The van der Waals surface area contributed by atoms with Gasteiger partial charge in [0.15, 0.2) is 5.13 Å². The SMILES string of the molecule is Cc1sc(NC(=O)c2ccccc2I)nc1-c1ccccc1. The number of aryl methyl sites for hydroxylation is 1. The zero-order valence-corrected chi connectivity index (χ0v) is 14.8. The van der Waals surface area contributed by atoms with E-state index in [4.69, 9.17) is 0 Å². The molecule has 22 heavy (non-hydrogen) atoms. The average molecular weight is 420 g/mol. The monoisotopic (exact) mass is 420 g/mol. The molecule has 3 nitrogen and oxygen atoms in total. The highest BCUT2D eigenvalue weighted by atomic mass is 127. The summed E-state index contributed by atoms with van der Waals surface area (Å²) in [6.45, 7) is 2.02. The number of rotatable bonds is 3. The third-order valence-corrected chi connectivity index (χ3v) is 5.01. The van der Waals surface area contributed by atoms with Crippen molar-refractivity contribution in [3.05, 3.63) is 68.6 Å². The first-order chi connectivity index (χ1) is 10.6. The van der Waals surface area contributed by atoms with Gasteiger partial charge >= 0.3 is 0 Å². The van der Waals surface area contributed by atoms with Crippen LogP contribution in [0.15, 0.2) is 54.6 Å². The van der Waals surface area contributed by atoms with Crippen LogP contribution in [0.5, 0.6) is 0 Å². The lowest BCUT2D eigenvalue weighted by Crippen LogP contribution is -2.13. The molecule has 110 valence electrons. The summed E-state index contributed by atoms with van der Waals surface area (Å²) >= 11 is 3.65. The van der Waals surface area contributed by atoms with Crippen molar-refractivity contribution in [2.45, 2.75) is 6.92 Å². The lowest BCUT2D eigenvalue weighted by atomic mass is 10.1. The van der Waals surface area contributed by atoms with Gasteiger partial charge in [-0.25, -0.2) is 4.98 Å². The topological polar surface area (TPSA) is 42.0 Å².